The molecule has 1 heterocycles. The lowest BCUT2D eigenvalue weighted by Crippen LogP contribution is -2.13. The lowest BCUT2D eigenvalue weighted by Gasteiger charge is -2.22. The van der Waals surface area contributed by atoms with E-state index in [0.29, 0.717) is 0 Å². The van der Waals surface area contributed by atoms with Crippen LogP contribution in [0.1, 0.15) is 30.2 Å². The van der Waals surface area contributed by atoms with Crippen LogP contribution >= 0.6 is 0 Å². The summed E-state index contributed by atoms with van der Waals surface area (Å²) in [4.78, 5) is 4.33. The van der Waals surface area contributed by atoms with E-state index in [0.717, 1.165) is 5.92 Å². The molecule has 0 aromatic carbocycles. The minimum Gasteiger partial charge on any atom is -0.261 e. The second kappa shape index (κ2) is 2.89. The SMILES string of the molecule is Cc1nccc2c1CC(C)CC2. The van der Waals surface area contributed by atoms with Crippen LogP contribution in [0.15, 0.2) is 12.3 Å². The molecule has 0 fully saturated rings. The van der Waals surface area contributed by atoms with Gasteiger partial charge in [-0.1, -0.05) is 6.92 Å². The topological polar surface area (TPSA) is 12.9 Å². The van der Waals surface area contributed by atoms with E-state index in [-0.39, 0.29) is 0 Å². The summed E-state index contributed by atoms with van der Waals surface area (Å²) in [5.41, 5.74) is 4.27. The van der Waals surface area contributed by atoms with Crippen molar-refractivity contribution < 1.29 is 0 Å². The van der Waals surface area contributed by atoms with E-state index in [1.54, 1.807) is 0 Å². The third-order valence-electron chi connectivity index (χ3n) is 2.83. The van der Waals surface area contributed by atoms with Gasteiger partial charge < -0.3 is 0 Å². The lowest BCUT2D eigenvalue weighted by molar-refractivity contribution is 0.497. The van der Waals surface area contributed by atoms with Crippen LogP contribution in [-0.2, 0) is 12.8 Å². The number of pyridine rings is 1. The van der Waals surface area contributed by atoms with E-state index in [2.05, 4.69) is 24.9 Å². The fourth-order valence-corrected chi connectivity index (χ4v) is 2.02. The summed E-state index contributed by atoms with van der Waals surface area (Å²) in [6, 6.07) is 2.17. The first-order valence-electron chi connectivity index (χ1n) is 4.70. The van der Waals surface area contributed by atoms with E-state index < -0.39 is 0 Å². The number of hydrogen-bond donors (Lipinski definition) is 0. The van der Waals surface area contributed by atoms with Gasteiger partial charge >= 0.3 is 0 Å². The highest BCUT2D eigenvalue weighted by Crippen LogP contribution is 2.26. The van der Waals surface area contributed by atoms with Crippen LogP contribution in [-0.4, -0.2) is 4.98 Å². The summed E-state index contributed by atoms with van der Waals surface area (Å²) in [7, 11) is 0. The Bertz CT molecular complexity index is 291. The Morgan fingerprint density at radius 1 is 1.50 bits per heavy atom. The molecule has 1 aromatic rings. The summed E-state index contributed by atoms with van der Waals surface area (Å²) < 4.78 is 0. The molecule has 1 heteroatoms. The third kappa shape index (κ3) is 1.24. The lowest BCUT2D eigenvalue weighted by atomic mass is 9.85. The van der Waals surface area contributed by atoms with Crippen molar-refractivity contribution in [2.24, 2.45) is 5.92 Å². The number of aryl methyl sites for hydroxylation is 2. The van der Waals surface area contributed by atoms with E-state index in [1.165, 1.54) is 36.1 Å². The molecule has 0 saturated carbocycles. The largest absolute Gasteiger partial charge is 0.261 e. The van der Waals surface area contributed by atoms with Crippen molar-refractivity contribution in [2.75, 3.05) is 0 Å². The summed E-state index contributed by atoms with van der Waals surface area (Å²) in [6.45, 7) is 4.45. The van der Waals surface area contributed by atoms with Gasteiger partial charge in [0.05, 0.1) is 0 Å². The van der Waals surface area contributed by atoms with E-state index in [4.69, 9.17) is 0 Å². The van der Waals surface area contributed by atoms with Gasteiger partial charge in [-0.25, -0.2) is 0 Å². The Kier molecular flexibility index (Phi) is 1.87. The van der Waals surface area contributed by atoms with Gasteiger partial charge in [-0.2, -0.15) is 0 Å². The molecule has 0 aliphatic heterocycles. The van der Waals surface area contributed by atoms with Gasteiger partial charge in [0.15, 0.2) is 0 Å². The fourth-order valence-electron chi connectivity index (χ4n) is 2.02. The molecule has 1 atom stereocenters. The molecule has 1 aliphatic carbocycles. The average molecular weight is 161 g/mol. The molecule has 0 radical (unpaired) electrons. The molecule has 1 aliphatic rings. The molecule has 12 heavy (non-hydrogen) atoms. The number of aromatic nitrogens is 1. The highest BCUT2D eigenvalue weighted by Gasteiger charge is 2.16. The minimum atomic E-state index is 0.848. The second-order valence-corrected chi connectivity index (χ2v) is 3.88. The Morgan fingerprint density at radius 2 is 2.33 bits per heavy atom. The predicted molar refractivity (Wildman–Crippen MR) is 50.2 cm³/mol. The highest BCUT2D eigenvalue weighted by molar-refractivity contribution is 5.31. The summed E-state index contributed by atoms with van der Waals surface area (Å²) in [5.74, 6) is 0.848. The van der Waals surface area contributed by atoms with Crippen molar-refractivity contribution in [3.05, 3.63) is 29.1 Å². The molecule has 1 nitrogen and oxygen atoms in total. The van der Waals surface area contributed by atoms with E-state index in [9.17, 15) is 0 Å². The van der Waals surface area contributed by atoms with Gasteiger partial charge in [0.25, 0.3) is 0 Å². The summed E-state index contributed by atoms with van der Waals surface area (Å²) in [6.07, 6.45) is 5.76. The normalized spacial score (nSPS) is 22.0. The highest BCUT2D eigenvalue weighted by atomic mass is 14.7. The summed E-state index contributed by atoms with van der Waals surface area (Å²) in [5, 5.41) is 0. The van der Waals surface area contributed by atoms with Gasteiger partial charge in [0.2, 0.25) is 0 Å². The summed E-state index contributed by atoms with van der Waals surface area (Å²) >= 11 is 0. The zero-order chi connectivity index (χ0) is 8.55. The Labute approximate surface area is 73.8 Å². The van der Waals surface area contributed by atoms with Gasteiger partial charge in [0.1, 0.15) is 0 Å². The number of nitrogens with zero attached hydrogens (tertiary/aromatic N) is 1. The molecule has 1 aromatic heterocycles. The Hall–Kier alpha value is -0.850. The predicted octanol–water partition coefficient (Wildman–Crippen LogP) is 2.51. The minimum absolute atomic E-state index is 0.848. The van der Waals surface area contributed by atoms with Crippen LogP contribution in [0.4, 0.5) is 0 Å². The molecule has 0 saturated heterocycles. The van der Waals surface area contributed by atoms with Crippen molar-refractivity contribution in [1.82, 2.24) is 4.98 Å². The molecule has 0 N–H and O–H groups in total. The number of rotatable bonds is 0. The molecule has 0 amide bonds. The van der Waals surface area contributed by atoms with Crippen LogP contribution in [0.2, 0.25) is 0 Å². The first-order chi connectivity index (χ1) is 5.77. The smallest absolute Gasteiger partial charge is 0.0407 e. The Balaban J connectivity index is 2.43. The van der Waals surface area contributed by atoms with E-state index in [1.807, 2.05) is 6.20 Å². The van der Waals surface area contributed by atoms with Crippen LogP contribution in [0, 0.1) is 12.8 Å². The van der Waals surface area contributed by atoms with Crippen molar-refractivity contribution in [3.63, 3.8) is 0 Å². The van der Waals surface area contributed by atoms with Crippen LogP contribution in [0.3, 0.4) is 0 Å². The molecule has 0 spiro atoms. The van der Waals surface area contributed by atoms with Gasteiger partial charge in [-0.3, -0.25) is 4.98 Å². The van der Waals surface area contributed by atoms with Crippen molar-refractivity contribution in [1.29, 1.82) is 0 Å². The zero-order valence-electron chi connectivity index (χ0n) is 7.80. The van der Waals surface area contributed by atoms with Crippen molar-refractivity contribution in [3.8, 4) is 0 Å². The van der Waals surface area contributed by atoms with E-state index >= 15 is 0 Å². The Morgan fingerprint density at radius 3 is 3.17 bits per heavy atom. The molecule has 1 unspecified atom stereocenters. The average Bonchev–Trinajstić information content (AvgIpc) is 2.07. The zero-order valence-corrected chi connectivity index (χ0v) is 7.80. The molecular formula is C11H15N. The fraction of sp³-hybridized carbons (Fsp3) is 0.545. The number of hydrogen-bond acceptors (Lipinski definition) is 1. The maximum Gasteiger partial charge on any atom is 0.0407 e. The molecular weight excluding hydrogens is 146 g/mol. The van der Waals surface area contributed by atoms with Gasteiger partial charge in [-0.15, -0.1) is 0 Å². The molecule has 64 valence electrons. The van der Waals surface area contributed by atoms with Crippen molar-refractivity contribution >= 4 is 0 Å². The maximum atomic E-state index is 4.33. The monoisotopic (exact) mass is 161 g/mol. The quantitative estimate of drug-likeness (QED) is 0.569. The first-order valence-corrected chi connectivity index (χ1v) is 4.70. The number of fused-ring (bicyclic) bond motifs is 1. The molecule has 2 rings (SSSR count). The van der Waals surface area contributed by atoms with Crippen LogP contribution in [0.5, 0.6) is 0 Å². The first kappa shape index (κ1) is 7.78. The maximum absolute atomic E-state index is 4.33. The van der Waals surface area contributed by atoms with Crippen molar-refractivity contribution in [2.45, 2.75) is 33.1 Å². The van der Waals surface area contributed by atoms with Crippen LogP contribution in [0.25, 0.3) is 0 Å². The molecule has 0 bridgehead atoms. The standard InChI is InChI=1S/C11H15N/c1-8-3-4-10-5-6-12-9(2)11(10)7-8/h5-6,8H,3-4,7H2,1-2H3. The third-order valence-corrected chi connectivity index (χ3v) is 2.83. The van der Waals surface area contributed by atoms with Crippen LogP contribution < -0.4 is 0 Å². The van der Waals surface area contributed by atoms with Gasteiger partial charge in [-0.05, 0) is 49.3 Å². The second-order valence-electron chi connectivity index (χ2n) is 3.88. The van der Waals surface area contributed by atoms with Gasteiger partial charge in [0, 0.05) is 11.9 Å².